The predicted molar refractivity (Wildman–Crippen MR) is 79.0 cm³/mol. The highest BCUT2D eigenvalue weighted by Gasteiger charge is 2.43. The molecule has 0 aromatic heterocycles. The molecule has 0 radical (unpaired) electrons. The Bertz CT molecular complexity index is 592. The SMILES string of the molecule is COC(CN1C(=O)C(O)=C(C(C)=O)C1c1ccccc1)OC. The minimum atomic E-state index is -0.644. The first-order chi connectivity index (χ1) is 10.5. The summed E-state index contributed by atoms with van der Waals surface area (Å²) >= 11 is 0. The second kappa shape index (κ2) is 6.72. The number of ketones is 1. The number of methoxy groups -OCH3 is 2. The van der Waals surface area contributed by atoms with E-state index in [9.17, 15) is 14.7 Å². The van der Waals surface area contributed by atoms with Crippen LogP contribution in [0.25, 0.3) is 0 Å². The molecular formula is C16H19NO5. The summed E-state index contributed by atoms with van der Waals surface area (Å²) in [6.45, 7) is 1.44. The van der Waals surface area contributed by atoms with Crippen LogP contribution in [0.1, 0.15) is 18.5 Å². The summed E-state index contributed by atoms with van der Waals surface area (Å²) in [6.07, 6.45) is -0.644. The van der Waals surface area contributed by atoms with Gasteiger partial charge in [0, 0.05) is 14.2 Å². The topological polar surface area (TPSA) is 76.1 Å². The predicted octanol–water partition coefficient (Wildman–Crippen LogP) is 1.59. The van der Waals surface area contributed by atoms with Crippen LogP contribution in [0.15, 0.2) is 41.7 Å². The van der Waals surface area contributed by atoms with Crippen molar-refractivity contribution in [2.75, 3.05) is 20.8 Å². The van der Waals surface area contributed by atoms with Crippen molar-refractivity contribution in [2.24, 2.45) is 0 Å². The average molecular weight is 305 g/mol. The zero-order chi connectivity index (χ0) is 16.3. The maximum absolute atomic E-state index is 12.3. The van der Waals surface area contributed by atoms with Crippen molar-refractivity contribution in [2.45, 2.75) is 19.3 Å². The first kappa shape index (κ1) is 16.2. The lowest BCUT2D eigenvalue weighted by atomic mass is 9.97. The molecule has 118 valence electrons. The minimum absolute atomic E-state index is 0.0992. The van der Waals surface area contributed by atoms with E-state index in [1.807, 2.05) is 18.2 Å². The van der Waals surface area contributed by atoms with Gasteiger partial charge in [-0.15, -0.1) is 0 Å². The lowest BCUT2D eigenvalue weighted by molar-refractivity contribution is -0.144. The number of benzene rings is 1. The van der Waals surface area contributed by atoms with E-state index >= 15 is 0 Å². The molecule has 22 heavy (non-hydrogen) atoms. The summed E-state index contributed by atoms with van der Waals surface area (Å²) in [6, 6.07) is 8.44. The van der Waals surface area contributed by atoms with E-state index in [-0.39, 0.29) is 17.9 Å². The van der Waals surface area contributed by atoms with Gasteiger partial charge in [0.15, 0.2) is 17.8 Å². The third kappa shape index (κ3) is 2.88. The molecule has 0 spiro atoms. The number of nitrogens with zero attached hydrogens (tertiary/aromatic N) is 1. The van der Waals surface area contributed by atoms with Gasteiger partial charge in [-0.1, -0.05) is 30.3 Å². The summed E-state index contributed by atoms with van der Waals surface area (Å²) in [5.41, 5.74) is 0.846. The number of carbonyl (C=O) groups is 2. The molecule has 6 nitrogen and oxygen atoms in total. The van der Waals surface area contributed by atoms with Gasteiger partial charge in [-0.2, -0.15) is 0 Å². The third-order valence-electron chi connectivity index (χ3n) is 3.67. The molecule has 1 aromatic rings. The number of aliphatic hydroxyl groups is 1. The number of rotatable bonds is 6. The van der Waals surface area contributed by atoms with Crippen LogP contribution in [-0.4, -0.2) is 48.8 Å². The number of ether oxygens (including phenoxy) is 2. The van der Waals surface area contributed by atoms with Crippen LogP contribution in [0.2, 0.25) is 0 Å². The molecule has 1 atom stereocenters. The molecule has 1 amide bonds. The molecule has 2 rings (SSSR count). The van der Waals surface area contributed by atoms with Gasteiger partial charge >= 0.3 is 0 Å². The fraction of sp³-hybridized carbons (Fsp3) is 0.375. The second-order valence-corrected chi connectivity index (χ2v) is 4.99. The Morgan fingerprint density at radius 3 is 2.36 bits per heavy atom. The lowest BCUT2D eigenvalue weighted by Gasteiger charge is -2.29. The van der Waals surface area contributed by atoms with Crippen LogP contribution in [0.5, 0.6) is 0 Å². The number of carbonyl (C=O) groups excluding carboxylic acids is 2. The summed E-state index contributed by atoms with van der Waals surface area (Å²) in [4.78, 5) is 25.6. The quantitative estimate of drug-likeness (QED) is 0.808. The van der Waals surface area contributed by atoms with Gasteiger partial charge in [-0.05, 0) is 12.5 Å². The largest absolute Gasteiger partial charge is 0.503 e. The molecule has 0 aliphatic carbocycles. The van der Waals surface area contributed by atoms with Crippen molar-refractivity contribution in [3.05, 3.63) is 47.2 Å². The first-order valence-corrected chi connectivity index (χ1v) is 6.86. The van der Waals surface area contributed by atoms with Crippen LogP contribution < -0.4 is 0 Å². The Labute approximate surface area is 128 Å². The highest BCUT2D eigenvalue weighted by molar-refractivity contribution is 6.08. The Balaban J connectivity index is 2.44. The van der Waals surface area contributed by atoms with Crippen LogP contribution in [0, 0.1) is 0 Å². The number of aliphatic hydroxyl groups excluding tert-OH is 1. The number of hydrogen-bond acceptors (Lipinski definition) is 5. The van der Waals surface area contributed by atoms with E-state index in [1.54, 1.807) is 12.1 Å². The van der Waals surface area contributed by atoms with Gasteiger partial charge in [0.1, 0.15) is 0 Å². The Morgan fingerprint density at radius 1 is 1.27 bits per heavy atom. The molecule has 1 heterocycles. The molecule has 1 aliphatic rings. The maximum atomic E-state index is 12.3. The van der Waals surface area contributed by atoms with Crippen molar-refractivity contribution in [1.29, 1.82) is 0 Å². The Hall–Kier alpha value is -2.18. The van der Waals surface area contributed by atoms with Crippen LogP contribution in [-0.2, 0) is 19.1 Å². The Morgan fingerprint density at radius 2 is 1.86 bits per heavy atom. The van der Waals surface area contributed by atoms with Gasteiger partial charge in [0.05, 0.1) is 18.2 Å². The number of amides is 1. The smallest absolute Gasteiger partial charge is 0.290 e. The summed E-state index contributed by atoms with van der Waals surface area (Å²) in [5.74, 6) is -1.45. The van der Waals surface area contributed by atoms with Gasteiger partial charge in [-0.25, -0.2) is 0 Å². The van der Waals surface area contributed by atoms with Crippen LogP contribution >= 0.6 is 0 Å². The minimum Gasteiger partial charge on any atom is -0.503 e. The van der Waals surface area contributed by atoms with Gasteiger partial charge in [-0.3, -0.25) is 9.59 Å². The van der Waals surface area contributed by atoms with E-state index in [0.717, 1.165) is 5.56 Å². The molecule has 1 N–H and O–H groups in total. The molecule has 0 bridgehead atoms. The molecule has 1 aromatic carbocycles. The van der Waals surface area contributed by atoms with E-state index < -0.39 is 24.0 Å². The molecule has 0 fully saturated rings. The number of Topliss-reactive ketones (excluding diaryl/α,β-unsaturated/α-hetero) is 1. The highest BCUT2D eigenvalue weighted by atomic mass is 16.7. The fourth-order valence-corrected chi connectivity index (χ4v) is 2.59. The Kier molecular flexibility index (Phi) is 4.95. The second-order valence-electron chi connectivity index (χ2n) is 4.99. The van der Waals surface area contributed by atoms with Crippen molar-refractivity contribution in [1.82, 2.24) is 4.90 Å². The highest BCUT2D eigenvalue weighted by Crippen LogP contribution is 2.37. The van der Waals surface area contributed by atoms with Gasteiger partial charge < -0.3 is 19.5 Å². The molecule has 1 unspecified atom stereocenters. The number of hydrogen-bond donors (Lipinski definition) is 1. The van der Waals surface area contributed by atoms with Crippen LogP contribution in [0.4, 0.5) is 0 Å². The van der Waals surface area contributed by atoms with Gasteiger partial charge in [0.2, 0.25) is 0 Å². The molecule has 0 saturated carbocycles. The van der Waals surface area contributed by atoms with Crippen molar-refractivity contribution in [3.8, 4) is 0 Å². The molecule has 0 saturated heterocycles. The summed E-state index contributed by atoms with van der Waals surface area (Å²) in [7, 11) is 2.93. The zero-order valence-electron chi connectivity index (χ0n) is 12.8. The maximum Gasteiger partial charge on any atom is 0.290 e. The molecule has 6 heteroatoms. The van der Waals surface area contributed by atoms with Crippen molar-refractivity contribution in [3.63, 3.8) is 0 Å². The van der Waals surface area contributed by atoms with E-state index in [1.165, 1.54) is 26.0 Å². The van der Waals surface area contributed by atoms with Gasteiger partial charge in [0.25, 0.3) is 5.91 Å². The summed E-state index contributed by atoms with van der Waals surface area (Å²) < 4.78 is 10.2. The van der Waals surface area contributed by atoms with E-state index in [0.29, 0.717) is 0 Å². The van der Waals surface area contributed by atoms with Crippen molar-refractivity contribution >= 4 is 11.7 Å². The van der Waals surface area contributed by atoms with Crippen LogP contribution in [0.3, 0.4) is 0 Å². The lowest BCUT2D eigenvalue weighted by Crippen LogP contribution is -2.38. The normalized spacial score (nSPS) is 18.5. The molecule has 1 aliphatic heterocycles. The molecular weight excluding hydrogens is 286 g/mol. The van der Waals surface area contributed by atoms with E-state index in [2.05, 4.69) is 0 Å². The third-order valence-corrected chi connectivity index (χ3v) is 3.67. The monoisotopic (exact) mass is 305 g/mol. The van der Waals surface area contributed by atoms with E-state index in [4.69, 9.17) is 9.47 Å². The first-order valence-electron chi connectivity index (χ1n) is 6.86. The average Bonchev–Trinajstić information content (AvgIpc) is 2.77. The zero-order valence-corrected chi connectivity index (χ0v) is 12.8. The van der Waals surface area contributed by atoms with Crippen molar-refractivity contribution < 1.29 is 24.2 Å². The standard InChI is InChI=1S/C16H19NO5/c1-10(18)13-14(11-7-5-4-6-8-11)17(16(20)15(13)19)9-12(21-2)22-3/h4-8,12,14,19H,9H2,1-3H3. The summed E-state index contributed by atoms with van der Waals surface area (Å²) in [5, 5.41) is 10.1. The fourth-order valence-electron chi connectivity index (χ4n) is 2.59.